The lowest BCUT2D eigenvalue weighted by Crippen LogP contribution is -2.44. The maximum atomic E-state index is 12.9. The van der Waals surface area contributed by atoms with Gasteiger partial charge in [-0.3, -0.25) is 13.9 Å². The molecule has 0 atom stereocenters. The Morgan fingerprint density at radius 1 is 1.04 bits per heavy atom. The number of aryl methyl sites for hydroxylation is 1. The fourth-order valence-electron chi connectivity index (χ4n) is 3.21. The van der Waals surface area contributed by atoms with Crippen LogP contribution in [0.2, 0.25) is 0 Å². The van der Waals surface area contributed by atoms with Crippen molar-refractivity contribution in [3.63, 3.8) is 0 Å². The number of benzene rings is 1. The first-order valence-electron chi connectivity index (χ1n) is 8.21. The molecule has 0 fully saturated rings. The first-order chi connectivity index (χ1) is 12.8. The predicted molar refractivity (Wildman–Crippen MR) is 105 cm³/mol. The van der Waals surface area contributed by atoms with Crippen LogP contribution in [0.1, 0.15) is 0 Å². The van der Waals surface area contributed by atoms with Crippen LogP contribution in [0.25, 0.3) is 22.2 Å². The minimum absolute atomic E-state index is 0.262. The van der Waals surface area contributed by atoms with E-state index in [1.54, 1.807) is 18.2 Å². The highest BCUT2D eigenvalue weighted by Gasteiger charge is 2.34. The second-order valence-electron chi connectivity index (χ2n) is 6.52. The normalized spacial score (nSPS) is 12.1. The number of halogens is 1. The average Bonchev–Trinajstić information content (AvgIpc) is 3.08. The maximum absolute atomic E-state index is 12.9. The van der Waals surface area contributed by atoms with Crippen molar-refractivity contribution in [2.45, 2.75) is 5.54 Å². The van der Waals surface area contributed by atoms with Crippen LogP contribution < -0.4 is 11.2 Å². The number of aliphatic hydroxyl groups is 3. The molecule has 1 aromatic carbocycles. The van der Waals surface area contributed by atoms with Crippen molar-refractivity contribution in [3.05, 3.63) is 55.8 Å². The Balaban J connectivity index is 2.59. The van der Waals surface area contributed by atoms with Gasteiger partial charge in [0.25, 0.3) is 5.56 Å². The number of hydrogen-bond acceptors (Lipinski definition) is 5. The summed E-state index contributed by atoms with van der Waals surface area (Å²) in [5.74, 6) is 0. The van der Waals surface area contributed by atoms with E-state index in [4.69, 9.17) is 0 Å². The number of fused-ring (bicyclic) bond motifs is 1. The number of nitrogens with zero attached hydrogens (tertiary/aromatic N) is 3. The molecular weight excluding hydrogens is 418 g/mol. The molecule has 3 N–H and O–H groups in total. The number of hydrogen-bond donors (Lipinski definition) is 3. The molecule has 0 aliphatic rings. The summed E-state index contributed by atoms with van der Waals surface area (Å²) in [5.41, 5.74) is -1.05. The van der Waals surface area contributed by atoms with Gasteiger partial charge in [-0.25, -0.2) is 4.79 Å². The molecule has 0 saturated heterocycles. The van der Waals surface area contributed by atoms with Gasteiger partial charge in [-0.2, -0.15) is 0 Å². The van der Waals surface area contributed by atoms with Crippen LogP contribution in [-0.4, -0.2) is 48.8 Å². The van der Waals surface area contributed by atoms with Crippen LogP contribution >= 0.6 is 15.9 Å². The Labute approximate surface area is 162 Å². The summed E-state index contributed by atoms with van der Waals surface area (Å²) < 4.78 is 4.59. The summed E-state index contributed by atoms with van der Waals surface area (Å²) in [6.45, 7) is -1.68. The Kier molecular flexibility index (Phi) is 5.13. The summed E-state index contributed by atoms with van der Waals surface area (Å²) in [5, 5.41) is 30.0. The Morgan fingerprint density at radius 3 is 2.22 bits per heavy atom. The lowest BCUT2D eigenvalue weighted by molar-refractivity contribution is 0.0168. The van der Waals surface area contributed by atoms with E-state index in [1.165, 1.54) is 29.4 Å². The third-order valence-electron chi connectivity index (χ3n) is 4.93. The van der Waals surface area contributed by atoms with Crippen molar-refractivity contribution in [1.82, 2.24) is 13.7 Å². The summed E-state index contributed by atoms with van der Waals surface area (Å²) in [6.07, 6.45) is 1.51. The predicted octanol–water partition coefficient (Wildman–Crippen LogP) is 0.140. The second-order valence-corrected chi connectivity index (χ2v) is 7.44. The molecule has 9 heteroatoms. The van der Waals surface area contributed by atoms with Gasteiger partial charge in [0.05, 0.1) is 36.4 Å². The number of rotatable bonds is 5. The van der Waals surface area contributed by atoms with Crippen LogP contribution in [-0.2, 0) is 19.6 Å². The Morgan fingerprint density at radius 2 is 1.67 bits per heavy atom. The quantitative estimate of drug-likeness (QED) is 0.525. The molecule has 0 bridgehead atoms. The largest absolute Gasteiger partial charge is 0.394 e. The monoisotopic (exact) mass is 437 g/mol. The van der Waals surface area contributed by atoms with Crippen LogP contribution in [0.15, 0.2) is 44.5 Å². The van der Waals surface area contributed by atoms with Crippen molar-refractivity contribution in [2.75, 3.05) is 19.8 Å². The lowest BCUT2D eigenvalue weighted by Gasteiger charge is -2.31. The van der Waals surface area contributed by atoms with Crippen LogP contribution in [0.4, 0.5) is 0 Å². The van der Waals surface area contributed by atoms with Gasteiger partial charge < -0.3 is 19.9 Å². The SMILES string of the molecule is Cn1c(=O)c2c(-c3cccc(Br)c3)n(C(CO)(CO)CO)cc2n(C)c1=O. The molecule has 3 rings (SSSR count). The third-order valence-corrected chi connectivity index (χ3v) is 5.42. The molecular formula is C18H20BrN3O5. The zero-order chi connectivity index (χ0) is 19.9. The minimum atomic E-state index is -1.45. The number of aliphatic hydroxyl groups excluding tert-OH is 3. The van der Waals surface area contributed by atoms with Crippen molar-refractivity contribution < 1.29 is 15.3 Å². The molecule has 0 aliphatic heterocycles. The van der Waals surface area contributed by atoms with Crippen LogP contribution in [0.5, 0.6) is 0 Å². The molecule has 0 unspecified atom stereocenters. The summed E-state index contributed by atoms with van der Waals surface area (Å²) >= 11 is 3.40. The van der Waals surface area contributed by atoms with Gasteiger partial charge in [-0.15, -0.1) is 0 Å². The minimum Gasteiger partial charge on any atom is -0.394 e. The molecule has 0 radical (unpaired) electrons. The third kappa shape index (κ3) is 2.87. The summed E-state index contributed by atoms with van der Waals surface area (Å²) in [7, 11) is 2.93. The zero-order valence-electron chi connectivity index (χ0n) is 14.9. The molecule has 3 aromatic rings. The lowest BCUT2D eigenvalue weighted by atomic mass is 10.0. The fraction of sp³-hybridized carbons (Fsp3) is 0.333. The zero-order valence-corrected chi connectivity index (χ0v) is 16.5. The maximum Gasteiger partial charge on any atom is 0.330 e. The van der Waals surface area contributed by atoms with E-state index in [2.05, 4.69) is 15.9 Å². The van der Waals surface area contributed by atoms with Gasteiger partial charge in [0.15, 0.2) is 0 Å². The van der Waals surface area contributed by atoms with Crippen molar-refractivity contribution in [1.29, 1.82) is 0 Å². The van der Waals surface area contributed by atoms with Crippen molar-refractivity contribution in [2.24, 2.45) is 14.1 Å². The van der Waals surface area contributed by atoms with E-state index in [0.717, 1.165) is 9.04 Å². The van der Waals surface area contributed by atoms with E-state index in [9.17, 15) is 24.9 Å². The summed E-state index contributed by atoms with van der Waals surface area (Å²) in [4.78, 5) is 25.3. The van der Waals surface area contributed by atoms with Crippen molar-refractivity contribution >= 4 is 26.8 Å². The Bertz CT molecular complexity index is 1120. The molecule has 0 amide bonds. The van der Waals surface area contributed by atoms with E-state index < -0.39 is 36.6 Å². The van der Waals surface area contributed by atoms with Gasteiger partial charge in [0.2, 0.25) is 0 Å². The first kappa shape index (κ1) is 19.6. The topological polar surface area (TPSA) is 110 Å². The van der Waals surface area contributed by atoms with E-state index in [1.807, 2.05) is 6.07 Å². The molecule has 0 spiro atoms. The molecule has 8 nitrogen and oxygen atoms in total. The molecule has 144 valence electrons. The summed E-state index contributed by atoms with van der Waals surface area (Å²) in [6, 6.07) is 7.17. The van der Waals surface area contributed by atoms with Crippen LogP contribution in [0.3, 0.4) is 0 Å². The molecule has 2 aromatic heterocycles. The van der Waals surface area contributed by atoms with Crippen molar-refractivity contribution in [3.8, 4) is 11.3 Å². The highest BCUT2D eigenvalue weighted by atomic mass is 79.9. The van der Waals surface area contributed by atoms with Gasteiger partial charge in [0.1, 0.15) is 5.54 Å². The van der Waals surface area contributed by atoms with Gasteiger partial charge >= 0.3 is 5.69 Å². The average molecular weight is 438 g/mol. The molecule has 0 aliphatic carbocycles. The number of aromatic nitrogens is 3. The van der Waals surface area contributed by atoms with Gasteiger partial charge in [0, 0.05) is 30.3 Å². The standard InChI is InChI=1S/C18H20BrN3O5/c1-20-13-7-22(18(8-23,9-24)10-25)15(11-4-3-5-12(19)6-11)14(13)16(26)21(2)17(20)27/h3-7,23-25H,8-10H2,1-2H3. The van der Waals surface area contributed by atoms with E-state index in [-0.39, 0.29) is 5.39 Å². The van der Waals surface area contributed by atoms with Gasteiger partial charge in [-0.1, -0.05) is 28.1 Å². The second kappa shape index (κ2) is 7.08. The van der Waals surface area contributed by atoms with E-state index >= 15 is 0 Å². The highest BCUT2D eigenvalue weighted by molar-refractivity contribution is 9.10. The van der Waals surface area contributed by atoms with Crippen LogP contribution in [0, 0.1) is 0 Å². The fourth-order valence-corrected chi connectivity index (χ4v) is 3.61. The molecule has 27 heavy (non-hydrogen) atoms. The molecule has 2 heterocycles. The highest BCUT2D eigenvalue weighted by Crippen LogP contribution is 2.34. The van der Waals surface area contributed by atoms with Gasteiger partial charge in [-0.05, 0) is 12.1 Å². The smallest absolute Gasteiger partial charge is 0.330 e. The molecule has 0 saturated carbocycles. The Hall–Kier alpha value is -2.20. The van der Waals surface area contributed by atoms with E-state index in [0.29, 0.717) is 16.8 Å². The first-order valence-corrected chi connectivity index (χ1v) is 9.00.